The Bertz CT molecular complexity index is 433. The predicted molar refractivity (Wildman–Crippen MR) is 84.2 cm³/mol. The van der Waals surface area contributed by atoms with E-state index in [2.05, 4.69) is 56.1 Å². The molecule has 0 amide bonds. The van der Waals surface area contributed by atoms with E-state index in [-0.39, 0.29) is 0 Å². The van der Waals surface area contributed by atoms with Gasteiger partial charge in [-0.1, -0.05) is 30.7 Å². The van der Waals surface area contributed by atoms with Gasteiger partial charge < -0.3 is 10.1 Å². The van der Waals surface area contributed by atoms with E-state index in [1.165, 1.54) is 16.7 Å². The molecule has 0 radical (unpaired) electrons. The Hall–Kier alpha value is -0.900. The summed E-state index contributed by atoms with van der Waals surface area (Å²) >= 11 is 0. The van der Waals surface area contributed by atoms with Crippen LogP contribution in [-0.4, -0.2) is 43.8 Å². The summed E-state index contributed by atoms with van der Waals surface area (Å²) < 4.78 is 5.54. The maximum atomic E-state index is 5.54. The first-order valence-corrected chi connectivity index (χ1v) is 7.74. The van der Waals surface area contributed by atoms with Gasteiger partial charge in [0.1, 0.15) is 0 Å². The molecule has 0 spiro atoms. The van der Waals surface area contributed by atoms with Crippen LogP contribution in [-0.2, 0) is 4.74 Å². The average molecular weight is 276 g/mol. The molecule has 3 nitrogen and oxygen atoms in total. The lowest BCUT2D eigenvalue weighted by molar-refractivity contribution is -0.00444. The maximum Gasteiger partial charge on any atom is 0.0619 e. The van der Waals surface area contributed by atoms with Crippen molar-refractivity contribution in [3.63, 3.8) is 0 Å². The van der Waals surface area contributed by atoms with Gasteiger partial charge in [0, 0.05) is 25.2 Å². The summed E-state index contributed by atoms with van der Waals surface area (Å²) in [6, 6.07) is 7.67. The van der Waals surface area contributed by atoms with Crippen LogP contribution in [0.1, 0.15) is 36.6 Å². The highest BCUT2D eigenvalue weighted by Crippen LogP contribution is 2.22. The highest BCUT2D eigenvalue weighted by atomic mass is 16.5. The number of nitrogens with zero attached hydrogens (tertiary/aromatic N) is 1. The summed E-state index contributed by atoms with van der Waals surface area (Å²) in [5.41, 5.74) is 4.15. The second-order valence-corrected chi connectivity index (χ2v) is 5.89. The topological polar surface area (TPSA) is 24.5 Å². The molecule has 112 valence electrons. The van der Waals surface area contributed by atoms with Gasteiger partial charge in [0.2, 0.25) is 0 Å². The van der Waals surface area contributed by atoms with Gasteiger partial charge in [-0.3, -0.25) is 4.90 Å². The second-order valence-electron chi connectivity index (χ2n) is 5.89. The van der Waals surface area contributed by atoms with Crippen LogP contribution in [0, 0.1) is 13.8 Å². The van der Waals surface area contributed by atoms with Crippen LogP contribution in [0.2, 0.25) is 0 Å². The van der Waals surface area contributed by atoms with Crippen molar-refractivity contribution in [2.75, 3.05) is 32.8 Å². The zero-order valence-corrected chi connectivity index (χ0v) is 13.3. The minimum atomic E-state index is 0.403. The Morgan fingerprint density at radius 3 is 2.90 bits per heavy atom. The Kier molecular flexibility index (Phi) is 5.58. The van der Waals surface area contributed by atoms with Crippen molar-refractivity contribution >= 4 is 0 Å². The van der Waals surface area contributed by atoms with Gasteiger partial charge in [-0.2, -0.15) is 0 Å². The van der Waals surface area contributed by atoms with Gasteiger partial charge >= 0.3 is 0 Å². The molecule has 0 bridgehead atoms. The minimum absolute atomic E-state index is 0.403. The fourth-order valence-corrected chi connectivity index (χ4v) is 2.92. The number of nitrogens with one attached hydrogen (secondary N) is 1. The molecule has 1 aromatic rings. The van der Waals surface area contributed by atoms with Gasteiger partial charge in [0.25, 0.3) is 0 Å². The summed E-state index contributed by atoms with van der Waals surface area (Å²) in [6.45, 7) is 13.6. The van der Waals surface area contributed by atoms with Crippen molar-refractivity contribution in [1.82, 2.24) is 10.2 Å². The third kappa shape index (κ3) is 3.81. The molecule has 2 atom stereocenters. The molecule has 1 fully saturated rings. The number of hydrogen-bond acceptors (Lipinski definition) is 3. The van der Waals surface area contributed by atoms with Gasteiger partial charge in [0.15, 0.2) is 0 Å². The van der Waals surface area contributed by atoms with Gasteiger partial charge in [-0.05, 0) is 38.4 Å². The molecule has 0 saturated carbocycles. The highest BCUT2D eigenvalue weighted by Gasteiger charge is 2.23. The molecule has 1 aromatic carbocycles. The van der Waals surface area contributed by atoms with Crippen molar-refractivity contribution in [3.8, 4) is 0 Å². The molecular formula is C17H28N2O. The van der Waals surface area contributed by atoms with E-state index < -0.39 is 0 Å². The Labute approximate surface area is 123 Å². The molecule has 3 heteroatoms. The maximum absolute atomic E-state index is 5.54. The SMILES string of the molecule is CCNC(CN1CCOCC1C)c1cc(C)ccc1C. The predicted octanol–water partition coefficient (Wildman–Crippen LogP) is 2.67. The van der Waals surface area contributed by atoms with E-state index in [0.717, 1.165) is 32.8 Å². The first-order valence-electron chi connectivity index (χ1n) is 7.74. The van der Waals surface area contributed by atoms with Crippen LogP contribution >= 0.6 is 0 Å². The molecule has 1 aliphatic heterocycles. The van der Waals surface area contributed by atoms with E-state index in [4.69, 9.17) is 4.74 Å². The zero-order chi connectivity index (χ0) is 14.5. The molecule has 1 N–H and O–H groups in total. The van der Waals surface area contributed by atoms with Crippen LogP contribution in [0.5, 0.6) is 0 Å². The number of hydrogen-bond donors (Lipinski definition) is 1. The number of rotatable bonds is 5. The third-order valence-electron chi connectivity index (χ3n) is 4.18. The quantitative estimate of drug-likeness (QED) is 0.895. The molecule has 2 rings (SSSR count). The minimum Gasteiger partial charge on any atom is -0.379 e. The molecular weight excluding hydrogens is 248 g/mol. The molecule has 1 aliphatic rings. The summed E-state index contributed by atoms with van der Waals surface area (Å²) in [7, 11) is 0. The fraction of sp³-hybridized carbons (Fsp3) is 0.647. The van der Waals surface area contributed by atoms with Crippen molar-refractivity contribution < 1.29 is 4.74 Å². The van der Waals surface area contributed by atoms with Gasteiger partial charge in [-0.15, -0.1) is 0 Å². The summed E-state index contributed by atoms with van der Waals surface area (Å²) in [5.74, 6) is 0. The van der Waals surface area contributed by atoms with E-state index in [1.807, 2.05) is 0 Å². The van der Waals surface area contributed by atoms with Crippen molar-refractivity contribution in [2.45, 2.75) is 39.8 Å². The first-order chi connectivity index (χ1) is 9.61. The Morgan fingerprint density at radius 2 is 2.20 bits per heavy atom. The number of ether oxygens (including phenoxy) is 1. The van der Waals surface area contributed by atoms with E-state index in [1.54, 1.807) is 0 Å². The van der Waals surface area contributed by atoms with Crippen LogP contribution in [0.3, 0.4) is 0 Å². The molecule has 0 aromatic heterocycles. The average Bonchev–Trinajstić information content (AvgIpc) is 2.43. The van der Waals surface area contributed by atoms with E-state index in [0.29, 0.717) is 12.1 Å². The Balaban J connectivity index is 2.15. The summed E-state index contributed by atoms with van der Waals surface area (Å²) in [4.78, 5) is 2.54. The highest BCUT2D eigenvalue weighted by molar-refractivity contribution is 5.33. The van der Waals surface area contributed by atoms with Crippen LogP contribution in [0.25, 0.3) is 0 Å². The van der Waals surface area contributed by atoms with Crippen molar-refractivity contribution in [2.24, 2.45) is 0 Å². The fourth-order valence-electron chi connectivity index (χ4n) is 2.92. The van der Waals surface area contributed by atoms with Gasteiger partial charge in [0.05, 0.1) is 13.2 Å². The summed E-state index contributed by atoms with van der Waals surface area (Å²) in [6.07, 6.45) is 0. The third-order valence-corrected chi connectivity index (χ3v) is 4.18. The smallest absolute Gasteiger partial charge is 0.0619 e. The van der Waals surface area contributed by atoms with Crippen molar-refractivity contribution in [1.29, 1.82) is 0 Å². The normalized spacial score (nSPS) is 21.9. The van der Waals surface area contributed by atoms with Crippen LogP contribution < -0.4 is 5.32 Å². The van der Waals surface area contributed by atoms with Gasteiger partial charge in [-0.25, -0.2) is 0 Å². The van der Waals surface area contributed by atoms with E-state index >= 15 is 0 Å². The molecule has 1 heterocycles. The number of benzene rings is 1. The largest absolute Gasteiger partial charge is 0.379 e. The molecule has 20 heavy (non-hydrogen) atoms. The number of aryl methyl sites for hydroxylation is 2. The standard InChI is InChI=1S/C17H28N2O/c1-5-18-17(11-19-8-9-20-12-15(19)4)16-10-13(2)6-7-14(16)3/h6-7,10,15,17-18H,5,8-9,11-12H2,1-4H3. The van der Waals surface area contributed by atoms with E-state index in [9.17, 15) is 0 Å². The zero-order valence-electron chi connectivity index (χ0n) is 13.3. The number of morpholine rings is 1. The lowest BCUT2D eigenvalue weighted by Gasteiger charge is -2.36. The number of likely N-dealkylation sites (N-methyl/N-ethyl adjacent to an activating group) is 1. The lowest BCUT2D eigenvalue weighted by Crippen LogP contribution is -2.47. The van der Waals surface area contributed by atoms with Crippen molar-refractivity contribution in [3.05, 3.63) is 34.9 Å². The monoisotopic (exact) mass is 276 g/mol. The lowest BCUT2D eigenvalue weighted by atomic mass is 9.98. The Morgan fingerprint density at radius 1 is 1.40 bits per heavy atom. The second kappa shape index (κ2) is 7.21. The van der Waals surface area contributed by atoms with Crippen LogP contribution in [0.4, 0.5) is 0 Å². The molecule has 1 saturated heterocycles. The van der Waals surface area contributed by atoms with Crippen LogP contribution in [0.15, 0.2) is 18.2 Å². The first kappa shape index (κ1) is 15.5. The molecule has 0 aliphatic carbocycles. The molecule has 2 unspecified atom stereocenters. The summed E-state index contributed by atoms with van der Waals surface area (Å²) in [5, 5.41) is 3.65.